The second-order valence-electron chi connectivity index (χ2n) is 7.14. The van der Waals surface area contributed by atoms with Gasteiger partial charge in [0.15, 0.2) is 0 Å². The maximum Gasteiger partial charge on any atom is 0.0547 e. The van der Waals surface area contributed by atoms with Gasteiger partial charge in [-0.15, -0.1) is 0 Å². The molecule has 2 aliphatic carbocycles. The van der Waals surface area contributed by atoms with E-state index in [9.17, 15) is 0 Å². The molecule has 0 atom stereocenters. The molecule has 0 spiro atoms. The van der Waals surface area contributed by atoms with Gasteiger partial charge in [-0.05, 0) is 49.7 Å². The van der Waals surface area contributed by atoms with E-state index in [0.29, 0.717) is 5.41 Å². The Morgan fingerprint density at radius 1 is 0.895 bits per heavy atom. The van der Waals surface area contributed by atoms with Gasteiger partial charge in [0.05, 0.1) is 13.2 Å². The van der Waals surface area contributed by atoms with Crippen LogP contribution >= 0.6 is 0 Å². The summed E-state index contributed by atoms with van der Waals surface area (Å²) in [4.78, 5) is 0. The van der Waals surface area contributed by atoms with Crippen molar-refractivity contribution in [1.82, 2.24) is 0 Å². The third-order valence-electron chi connectivity index (χ3n) is 5.06. The lowest BCUT2D eigenvalue weighted by molar-refractivity contribution is 0.0189. The van der Waals surface area contributed by atoms with Crippen LogP contribution in [0.2, 0.25) is 0 Å². The van der Waals surface area contributed by atoms with Gasteiger partial charge in [0, 0.05) is 19.6 Å². The average molecular weight is 264 g/mol. The molecule has 2 rings (SSSR count). The Bertz CT molecular complexity index is 421. The first-order valence-electron chi connectivity index (χ1n) is 7.22. The fraction of sp³-hybridized carbons (Fsp3) is 0.765. The van der Waals surface area contributed by atoms with E-state index in [1.807, 2.05) is 0 Å². The molecule has 0 N–H and O–H groups in total. The Morgan fingerprint density at radius 3 is 1.95 bits per heavy atom. The maximum absolute atomic E-state index is 5.49. The van der Waals surface area contributed by atoms with E-state index in [1.165, 1.54) is 6.42 Å². The van der Waals surface area contributed by atoms with Crippen LogP contribution in [-0.4, -0.2) is 27.4 Å². The Kier molecular flexibility index (Phi) is 3.95. The van der Waals surface area contributed by atoms with Crippen LogP contribution in [0.4, 0.5) is 0 Å². The molecule has 108 valence electrons. The van der Waals surface area contributed by atoms with E-state index in [-0.39, 0.29) is 5.41 Å². The summed E-state index contributed by atoms with van der Waals surface area (Å²) in [5, 5.41) is 0. The Hall–Kier alpha value is -0.600. The molecule has 0 unspecified atom stereocenters. The van der Waals surface area contributed by atoms with Crippen molar-refractivity contribution < 1.29 is 9.47 Å². The predicted molar refractivity (Wildman–Crippen MR) is 79.2 cm³/mol. The number of methoxy groups -OCH3 is 2. The van der Waals surface area contributed by atoms with Gasteiger partial charge in [-0.1, -0.05) is 25.0 Å². The molecule has 0 bridgehead atoms. The van der Waals surface area contributed by atoms with Crippen molar-refractivity contribution in [2.24, 2.45) is 10.8 Å². The fourth-order valence-corrected chi connectivity index (χ4v) is 3.96. The summed E-state index contributed by atoms with van der Waals surface area (Å²) in [5.41, 5.74) is 6.77. The molecule has 2 nitrogen and oxygen atoms in total. The molecule has 1 fully saturated rings. The third-order valence-corrected chi connectivity index (χ3v) is 5.06. The Balaban J connectivity index is 2.41. The number of hydrogen-bond acceptors (Lipinski definition) is 2. The zero-order chi connectivity index (χ0) is 14.3. The average Bonchev–Trinajstić information content (AvgIpc) is 2.67. The number of hydrogen-bond donors (Lipinski definition) is 0. The lowest BCUT2D eigenvalue weighted by Gasteiger charge is -2.33. The van der Waals surface area contributed by atoms with Gasteiger partial charge in [0.2, 0.25) is 0 Å². The SMILES string of the molecule is COCC1(COC)CC2=C(C)CC(C)(C)C(C)=C2C1. The molecule has 0 aromatic rings. The molecule has 2 heteroatoms. The van der Waals surface area contributed by atoms with Crippen LogP contribution in [0.15, 0.2) is 22.3 Å². The number of allylic oxidation sites excluding steroid dienone is 4. The predicted octanol–water partition coefficient (Wildman–Crippen LogP) is 4.12. The van der Waals surface area contributed by atoms with E-state index in [2.05, 4.69) is 27.7 Å². The Labute approximate surface area is 117 Å². The molecule has 0 aromatic carbocycles. The molecule has 0 heterocycles. The van der Waals surface area contributed by atoms with Gasteiger partial charge < -0.3 is 9.47 Å². The fourth-order valence-electron chi connectivity index (χ4n) is 3.96. The number of rotatable bonds is 4. The van der Waals surface area contributed by atoms with Gasteiger partial charge in [-0.3, -0.25) is 0 Å². The van der Waals surface area contributed by atoms with E-state index in [1.54, 1.807) is 36.5 Å². The monoisotopic (exact) mass is 264 g/mol. The molecule has 19 heavy (non-hydrogen) atoms. The van der Waals surface area contributed by atoms with Gasteiger partial charge in [0.1, 0.15) is 0 Å². The maximum atomic E-state index is 5.49. The largest absolute Gasteiger partial charge is 0.384 e. The van der Waals surface area contributed by atoms with Crippen LogP contribution < -0.4 is 0 Å². The van der Waals surface area contributed by atoms with Gasteiger partial charge in [-0.2, -0.15) is 0 Å². The molecule has 0 saturated heterocycles. The van der Waals surface area contributed by atoms with Crippen molar-refractivity contribution in [3.05, 3.63) is 22.3 Å². The Morgan fingerprint density at radius 2 is 1.42 bits per heavy atom. The summed E-state index contributed by atoms with van der Waals surface area (Å²) in [7, 11) is 3.59. The topological polar surface area (TPSA) is 18.5 Å². The zero-order valence-corrected chi connectivity index (χ0v) is 13.4. The first-order chi connectivity index (χ1) is 8.85. The van der Waals surface area contributed by atoms with E-state index >= 15 is 0 Å². The minimum Gasteiger partial charge on any atom is -0.384 e. The molecule has 0 aliphatic heterocycles. The van der Waals surface area contributed by atoms with Crippen molar-refractivity contribution in [2.75, 3.05) is 27.4 Å². The highest BCUT2D eigenvalue weighted by Gasteiger charge is 2.44. The highest BCUT2D eigenvalue weighted by molar-refractivity contribution is 5.49. The van der Waals surface area contributed by atoms with Crippen molar-refractivity contribution in [3.8, 4) is 0 Å². The molecule has 2 aliphatic rings. The highest BCUT2D eigenvalue weighted by atomic mass is 16.5. The summed E-state index contributed by atoms with van der Waals surface area (Å²) in [6.07, 6.45) is 3.41. The second kappa shape index (κ2) is 5.06. The minimum absolute atomic E-state index is 0.150. The summed E-state index contributed by atoms with van der Waals surface area (Å²) in [6.45, 7) is 10.9. The van der Waals surface area contributed by atoms with Crippen LogP contribution in [0.5, 0.6) is 0 Å². The van der Waals surface area contributed by atoms with Gasteiger partial charge in [-0.25, -0.2) is 0 Å². The standard InChI is InChI=1S/C17H28O2/c1-12-7-16(3,4)13(2)15-9-17(10-18-5,11-19-6)8-14(12)15/h7-11H2,1-6H3. The van der Waals surface area contributed by atoms with Gasteiger partial charge in [0.25, 0.3) is 0 Å². The quantitative estimate of drug-likeness (QED) is 0.760. The molecular weight excluding hydrogens is 236 g/mol. The highest BCUT2D eigenvalue weighted by Crippen LogP contribution is 2.54. The van der Waals surface area contributed by atoms with E-state index < -0.39 is 0 Å². The lowest BCUT2D eigenvalue weighted by Crippen LogP contribution is -2.28. The van der Waals surface area contributed by atoms with Crippen LogP contribution in [0, 0.1) is 10.8 Å². The summed E-state index contributed by atoms with van der Waals surface area (Å²) < 4.78 is 11.0. The zero-order valence-electron chi connectivity index (χ0n) is 13.4. The molecule has 0 amide bonds. The first kappa shape index (κ1) is 14.8. The third kappa shape index (κ3) is 2.53. The van der Waals surface area contributed by atoms with Crippen molar-refractivity contribution in [3.63, 3.8) is 0 Å². The molecule has 0 radical (unpaired) electrons. The molecule has 1 saturated carbocycles. The van der Waals surface area contributed by atoms with Crippen molar-refractivity contribution >= 4 is 0 Å². The van der Waals surface area contributed by atoms with E-state index in [0.717, 1.165) is 26.1 Å². The summed E-state index contributed by atoms with van der Waals surface area (Å²) in [5.74, 6) is 0. The van der Waals surface area contributed by atoms with Crippen molar-refractivity contribution in [1.29, 1.82) is 0 Å². The molecule has 0 aromatic heterocycles. The van der Waals surface area contributed by atoms with Crippen LogP contribution in [0.25, 0.3) is 0 Å². The molecular formula is C17H28O2. The number of fused-ring (bicyclic) bond motifs is 1. The summed E-state index contributed by atoms with van der Waals surface area (Å²) in [6, 6.07) is 0. The summed E-state index contributed by atoms with van der Waals surface area (Å²) >= 11 is 0. The minimum atomic E-state index is 0.150. The van der Waals surface area contributed by atoms with Crippen molar-refractivity contribution in [2.45, 2.75) is 47.0 Å². The second-order valence-corrected chi connectivity index (χ2v) is 7.14. The normalized spacial score (nSPS) is 24.9. The lowest BCUT2D eigenvalue weighted by atomic mass is 9.71. The van der Waals surface area contributed by atoms with E-state index in [4.69, 9.17) is 9.47 Å². The first-order valence-corrected chi connectivity index (χ1v) is 7.22. The van der Waals surface area contributed by atoms with Crippen LogP contribution in [0.3, 0.4) is 0 Å². The van der Waals surface area contributed by atoms with Gasteiger partial charge >= 0.3 is 0 Å². The smallest absolute Gasteiger partial charge is 0.0547 e. The van der Waals surface area contributed by atoms with Crippen LogP contribution in [-0.2, 0) is 9.47 Å². The number of ether oxygens (including phenoxy) is 2. The van der Waals surface area contributed by atoms with Crippen LogP contribution in [0.1, 0.15) is 47.0 Å².